The van der Waals surface area contributed by atoms with Crippen LogP contribution in [0.25, 0.3) is 0 Å². The Morgan fingerprint density at radius 2 is 2.00 bits per heavy atom. The molecule has 0 bridgehead atoms. The van der Waals surface area contributed by atoms with Crippen molar-refractivity contribution in [2.75, 3.05) is 26.2 Å². The van der Waals surface area contributed by atoms with Crippen LogP contribution in [0.1, 0.15) is 40.7 Å². The van der Waals surface area contributed by atoms with Gasteiger partial charge in [-0.1, -0.05) is 12.1 Å². The van der Waals surface area contributed by atoms with Gasteiger partial charge >= 0.3 is 0 Å². The van der Waals surface area contributed by atoms with Crippen molar-refractivity contribution in [2.45, 2.75) is 39.2 Å². The number of piperidine rings is 1. The van der Waals surface area contributed by atoms with Crippen molar-refractivity contribution < 1.29 is 9.53 Å². The predicted molar refractivity (Wildman–Crippen MR) is 91.7 cm³/mol. The third-order valence-corrected chi connectivity index (χ3v) is 4.27. The summed E-state index contributed by atoms with van der Waals surface area (Å²) in [6.07, 6.45) is 3.02. The van der Waals surface area contributed by atoms with Gasteiger partial charge in [0.15, 0.2) is 0 Å². The molecule has 2 rings (SSSR count). The van der Waals surface area contributed by atoms with Crippen LogP contribution in [0.4, 0.5) is 0 Å². The van der Waals surface area contributed by atoms with Crippen molar-refractivity contribution in [3.63, 3.8) is 0 Å². The zero-order chi connectivity index (χ0) is 15.2. The van der Waals surface area contributed by atoms with E-state index in [1.165, 1.54) is 5.56 Å². The molecule has 1 aliphatic heterocycles. The Kier molecular flexibility index (Phi) is 7.87. The molecular formula is C17H27ClN2O2. The van der Waals surface area contributed by atoms with E-state index in [9.17, 15) is 4.79 Å². The molecule has 22 heavy (non-hydrogen) atoms. The summed E-state index contributed by atoms with van der Waals surface area (Å²) in [5.74, 6) is 0.150. The van der Waals surface area contributed by atoms with Crippen LogP contribution in [0.2, 0.25) is 0 Å². The molecule has 1 amide bonds. The van der Waals surface area contributed by atoms with E-state index in [2.05, 4.69) is 0 Å². The second kappa shape index (κ2) is 9.13. The summed E-state index contributed by atoms with van der Waals surface area (Å²) in [6.45, 7) is 7.02. The Balaban J connectivity index is 0.00000242. The first-order valence-electron chi connectivity index (χ1n) is 7.80. The summed E-state index contributed by atoms with van der Waals surface area (Å²) >= 11 is 0. The number of nitrogens with zero attached hydrogens (tertiary/aromatic N) is 1. The minimum Gasteiger partial charge on any atom is -0.378 e. The number of carbonyl (C=O) groups excluding carboxylic acids is 1. The molecule has 0 aliphatic carbocycles. The number of benzene rings is 1. The van der Waals surface area contributed by atoms with E-state index in [0.717, 1.165) is 50.1 Å². The van der Waals surface area contributed by atoms with Gasteiger partial charge in [-0.2, -0.15) is 0 Å². The van der Waals surface area contributed by atoms with Gasteiger partial charge in [0, 0.05) is 25.3 Å². The molecule has 1 heterocycles. The normalized spacial score (nSPS) is 15.5. The van der Waals surface area contributed by atoms with E-state index >= 15 is 0 Å². The monoisotopic (exact) mass is 326 g/mol. The van der Waals surface area contributed by atoms with Gasteiger partial charge in [0.05, 0.1) is 6.10 Å². The van der Waals surface area contributed by atoms with Gasteiger partial charge in [-0.15, -0.1) is 12.4 Å². The lowest BCUT2D eigenvalue weighted by atomic mass is 10.0. The molecule has 2 N–H and O–H groups in total. The van der Waals surface area contributed by atoms with Crippen LogP contribution in [0.3, 0.4) is 0 Å². The molecule has 4 nitrogen and oxygen atoms in total. The lowest BCUT2D eigenvalue weighted by Crippen LogP contribution is -2.41. The average molecular weight is 327 g/mol. The lowest BCUT2D eigenvalue weighted by molar-refractivity contribution is 0.00843. The van der Waals surface area contributed by atoms with Crippen LogP contribution in [0, 0.1) is 13.8 Å². The molecule has 1 aromatic rings. The number of carbonyl (C=O) groups is 1. The Morgan fingerprint density at radius 1 is 1.32 bits per heavy atom. The minimum atomic E-state index is 0. The fraction of sp³-hybridized carbons (Fsp3) is 0.588. The van der Waals surface area contributed by atoms with Gasteiger partial charge in [0.2, 0.25) is 0 Å². The Morgan fingerprint density at radius 3 is 2.64 bits per heavy atom. The van der Waals surface area contributed by atoms with Crippen molar-refractivity contribution in [1.29, 1.82) is 0 Å². The number of ether oxygens (including phenoxy) is 1. The zero-order valence-corrected chi connectivity index (χ0v) is 14.3. The van der Waals surface area contributed by atoms with E-state index in [1.807, 2.05) is 36.9 Å². The summed E-state index contributed by atoms with van der Waals surface area (Å²) in [5.41, 5.74) is 8.55. The molecule has 5 heteroatoms. The smallest absolute Gasteiger partial charge is 0.254 e. The van der Waals surface area contributed by atoms with Gasteiger partial charge in [-0.25, -0.2) is 0 Å². The summed E-state index contributed by atoms with van der Waals surface area (Å²) < 4.78 is 5.78. The number of nitrogens with two attached hydrogens (primary N) is 1. The molecule has 0 radical (unpaired) electrons. The Bertz CT molecular complexity index is 486. The number of aryl methyl sites for hydroxylation is 1. The van der Waals surface area contributed by atoms with Crippen LogP contribution >= 0.6 is 12.4 Å². The summed E-state index contributed by atoms with van der Waals surface area (Å²) in [4.78, 5) is 14.6. The van der Waals surface area contributed by atoms with Gasteiger partial charge in [-0.05, 0) is 56.8 Å². The first-order valence-corrected chi connectivity index (χ1v) is 7.80. The Labute approximate surface area is 139 Å². The molecule has 1 fully saturated rings. The van der Waals surface area contributed by atoms with Crippen LogP contribution in [-0.2, 0) is 4.74 Å². The maximum absolute atomic E-state index is 12.6. The molecule has 1 saturated heterocycles. The maximum Gasteiger partial charge on any atom is 0.254 e. The second-order valence-electron chi connectivity index (χ2n) is 5.75. The fourth-order valence-corrected chi connectivity index (χ4v) is 2.71. The topological polar surface area (TPSA) is 55.6 Å². The SMILES string of the molecule is Cc1cccc(C(=O)N2CCC(OCCCN)CC2)c1C.Cl. The van der Waals surface area contributed by atoms with E-state index in [-0.39, 0.29) is 24.4 Å². The van der Waals surface area contributed by atoms with Crippen LogP contribution < -0.4 is 5.73 Å². The van der Waals surface area contributed by atoms with Gasteiger partial charge < -0.3 is 15.4 Å². The highest BCUT2D eigenvalue weighted by molar-refractivity contribution is 5.96. The number of rotatable bonds is 5. The van der Waals surface area contributed by atoms with Gasteiger partial charge in [-0.3, -0.25) is 4.79 Å². The standard InChI is InChI=1S/C17H26N2O2.ClH/c1-13-5-3-6-16(14(13)2)17(20)19-10-7-15(8-11-19)21-12-4-9-18;/h3,5-6,15H,4,7-12,18H2,1-2H3;1H. The van der Waals surface area contributed by atoms with Gasteiger partial charge in [0.1, 0.15) is 0 Å². The first kappa shape index (κ1) is 18.9. The fourth-order valence-electron chi connectivity index (χ4n) is 2.71. The van der Waals surface area contributed by atoms with Crippen molar-refractivity contribution >= 4 is 18.3 Å². The van der Waals surface area contributed by atoms with Crippen molar-refractivity contribution in [3.8, 4) is 0 Å². The molecule has 0 saturated carbocycles. The first-order chi connectivity index (χ1) is 10.1. The quantitative estimate of drug-likeness (QED) is 0.846. The van der Waals surface area contributed by atoms with Crippen LogP contribution in [0.5, 0.6) is 0 Å². The second-order valence-corrected chi connectivity index (χ2v) is 5.75. The highest BCUT2D eigenvalue weighted by Crippen LogP contribution is 2.19. The number of likely N-dealkylation sites (tertiary alicyclic amines) is 1. The summed E-state index contributed by atoms with van der Waals surface area (Å²) in [6, 6.07) is 5.93. The number of halogens is 1. The molecule has 0 atom stereocenters. The molecule has 124 valence electrons. The summed E-state index contributed by atoms with van der Waals surface area (Å²) in [7, 11) is 0. The van der Waals surface area contributed by atoms with Crippen molar-refractivity contribution in [1.82, 2.24) is 4.90 Å². The maximum atomic E-state index is 12.6. The highest BCUT2D eigenvalue weighted by atomic mass is 35.5. The van der Waals surface area contributed by atoms with Crippen LogP contribution in [-0.4, -0.2) is 43.2 Å². The number of hydrogen-bond donors (Lipinski definition) is 1. The van der Waals surface area contributed by atoms with E-state index in [1.54, 1.807) is 0 Å². The van der Waals surface area contributed by atoms with Crippen molar-refractivity contribution in [3.05, 3.63) is 34.9 Å². The number of hydrogen-bond acceptors (Lipinski definition) is 3. The van der Waals surface area contributed by atoms with E-state index in [0.29, 0.717) is 6.54 Å². The molecule has 0 unspecified atom stereocenters. The molecule has 0 spiro atoms. The van der Waals surface area contributed by atoms with Crippen molar-refractivity contribution in [2.24, 2.45) is 5.73 Å². The largest absolute Gasteiger partial charge is 0.378 e. The van der Waals surface area contributed by atoms with E-state index < -0.39 is 0 Å². The lowest BCUT2D eigenvalue weighted by Gasteiger charge is -2.32. The predicted octanol–water partition coefficient (Wildman–Crippen LogP) is 2.70. The van der Waals surface area contributed by atoms with Crippen LogP contribution in [0.15, 0.2) is 18.2 Å². The molecular weight excluding hydrogens is 300 g/mol. The average Bonchev–Trinajstić information content (AvgIpc) is 2.50. The summed E-state index contributed by atoms with van der Waals surface area (Å²) in [5, 5.41) is 0. The van der Waals surface area contributed by atoms with Gasteiger partial charge in [0.25, 0.3) is 5.91 Å². The Hall–Kier alpha value is -1.10. The molecule has 1 aromatic carbocycles. The molecule has 1 aliphatic rings. The minimum absolute atomic E-state index is 0. The third-order valence-electron chi connectivity index (χ3n) is 4.27. The third kappa shape index (κ3) is 4.70. The highest BCUT2D eigenvalue weighted by Gasteiger charge is 2.24. The molecule has 0 aromatic heterocycles. The zero-order valence-electron chi connectivity index (χ0n) is 13.5. The van der Waals surface area contributed by atoms with E-state index in [4.69, 9.17) is 10.5 Å². The number of amides is 1.